The number of amides is 1. The van der Waals surface area contributed by atoms with E-state index in [1.165, 1.54) is 24.3 Å². The van der Waals surface area contributed by atoms with Crippen molar-refractivity contribution < 1.29 is 24.9 Å². The third-order valence-corrected chi connectivity index (χ3v) is 4.54. The van der Waals surface area contributed by atoms with E-state index in [2.05, 4.69) is 10.3 Å². The Morgan fingerprint density at radius 1 is 1.15 bits per heavy atom. The molecule has 0 atom stereocenters. The minimum absolute atomic E-state index is 0.111. The van der Waals surface area contributed by atoms with Crippen molar-refractivity contribution in [2.24, 2.45) is 4.99 Å². The summed E-state index contributed by atoms with van der Waals surface area (Å²) in [7, 11) is 0. The van der Waals surface area contributed by atoms with Crippen molar-refractivity contribution in [1.82, 2.24) is 5.32 Å². The topological polar surface area (TPSA) is 119 Å². The molecule has 1 fully saturated rings. The fourth-order valence-electron chi connectivity index (χ4n) is 2.23. The molecule has 1 aliphatic heterocycles. The first-order valence-corrected chi connectivity index (χ1v) is 8.30. The molecule has 2 aromatic rings. The lowest BCUT2D eigenvalue weighted by atomic mass is 10.1. The van der Waals surface area contributed by atoms with E-state index in [1.807, 2.05) is 0 Å². The third-order valence-electron chi connectivity index (χ3n) is 3.63. The summed E-state index contributed by atoms with van der Waals surface area (Å²) in [6.45, 7) is 1.79. The van der Waals surface area contributed by atoms with Gasteiger partial charge in [0.05, 0.1) is 16.2 Å². The summed E-state index contributed by atoms with van der Waals surface area (Å²) in [5, 5.41) is 30.9. The SMILES string of the molecule is Cc1ccc(C(=O)O)cc1N=C1NC(=O)/C(=C/c2ccc(O)c(O)c2)S1. The number of carbonyl (C=O) groups is 2. The highest BCUT2D eigenvalue weighted by Gasteiger charge is 2.24. The zero-order chi connectivity index (χ0) is 18.8. The van der Waals surface area contributed by atoms with Crippen molar-refractivity contribution in [3.63, 3.8) is 0 Å². The van der Waals surface area contributed by atoms with E-state index in [4.69, 9.17) is 5.11 Å². The van der Waals surface area contributed by atoms with Gasteiger partial charge >= 0.3 is 5.97 Å². The van der Waals surface area contributed by atoms with Crippen LogP contribution in [-0.4, -0.2) is 32.4 Å². The molecule has 3 rings (SSSR count). The van der Waals surface area contributed by atoms with Gasteiger partial charge in [0.15, 0.2) is 16.7 Å². The van der Waals surface area contributed by atoms with Crippen molar-refractivity contribution in [3.05, 3.63) is 58.0 Å². The molecule has 0 aromatic heterocycles. The van der Waals surface area contributed by atoms with Crippen LogP contribution in [0.25, 0.3) is 6.08 Å². The third kappa shape index (κ3) is 3.70. The fraction of sp³-hybridized carbons (Fsp3) is 0.0556. The molecule has 1 heterocycles. The van der Waals surface area contributed by atoms with Gasteiger partial charge in [0.2, 0.25) is 0 Å². The minimum atomic E-state index is -1.05. The van der Waals surface area contributed by atoms with Crippen LogP contribution in [0.3, 0.4) is 0 Å². The van der Waals surface area contributed by atoms with Crippen LogP contribution < -0.4 is 5.32 Å². The van der Waals surface area contributed by atoms with Crippen LogP contribution >= 0.6 is 11.8 Å². The monoisotopic (exact) mass is 370 g/mol. The number of hydrogen-bond donors (Lipinski definition) is 4. The molecule has 1 aliphatic rings. The molecule has 0 spiro atoms. The second-order valence-electron chi connectivity index (χ2n) is 5.54. The lowest BCUT2D eigenvalue weighted by molar-refractivity contribution is -0.115. The number of benzene rings is 2. The van der Waals surface area contributed by atoms with Crippen LogP contribution in [0.4, 0.5) is 5.69 Å². The number of aryl methyl sites for hydroxylation is 1. The summed E-state index contributed by atoms with van der Waals surface area (Å²) in [6.07, 6.45) is 1.56. The highest BCUT2D eigenvalue weighted by atomic mass is 32.2. The number of rotatable bonds is 3. The van der Waals surface area contributed by atoms with Gasteiger partial charge < -0.3 is 20.6 Å². The standard InChI is InChI=1S/C18H14N2O5S/c1-9-2-4-11(17(24)25)8-12(9)19-18-20-16(23)15(26-18)7-10-3-5-13(21)14(22)6-10/h2-8,21-22H,1H3,(H,24,25)(H,19,20,23)/b15-7-. The molecule has 8 heteroatoms. The first kappa shape index (κ1) is 17.6. The Labute approximate surface area is 152 Å². The number of phenolic OH excluding ortho intramolecular Hbond substituents is 2. The number of aromatic carboxylic acids is 1. The predicted octanol–water partition coefficient (Wildman–Crippen LogP) is 3.00. The number of thioether (sulfide) groups is 1. The molecule has 0 saturated carbocycles. The van der Waals surface area contributed by atoms with Crippen LogP contribution in [0.2, 0.25) is 0 Å². The highest BCUT2D eigenvalue weighted by molar-refractivity contribution is 8.18. The zero-order valence-corrected chi connectivity index (χ0v) is 14.4. The van der Waals surface area contributed by atoms with Crippen molar-refractivity contribution in [3.8, 4) is 11.5 Å². The summed E-state index contributed by atoms with van der Waals surface area (Å²) in [5.41, 5.74) is 1.89. The smallest absolute Gasteiger partial charge is 0.335 e. The molecule has 132 valence electrons. The van der Waals surface area contributed by atoms with Gasteiger partial charge in [-0.2, -0.15) is 0 Å². The van der Waals surface area contributed by atoms with Crippen LogP contribution in [0.5, 0.6) is 11.5 Å². The van der Waals surface area contributed by atoms with E-state index in [0.29, 0.717) is 21.3 Å². The van der Waals surface area contributed by atoms with Gasteiger partial charge in [-0.05, 0) is 60.2 Å². The number of aromatic hydroxyl groups is 2. The van der Waals surface area contributed by atoms with Crippen molar-refractivity contribution in [1.29, 1.82) is 0 Å². The fourth-order valence-corrected chi connectivity index (χ4v) is 3.07. The summed E-state index contributed by atoms with van der Waals surface area (Å²) in [5.74, 6) is -1.93. The van der Waals surface area contributed by atoms with Gasteiger partial charge in [0, 0.05) is 0 Å². The highest BCUT2D eigenvalue weighted by Crippen LogP contribution is 2.31. The maximum atomic E-state index is 12.1. The minimum Gasteiger partial charge on any atom is -0.504 e. The number of aliphatic imine (C=N–C) groups is 1. The quantitative estimate of drug-likeness (QED) is 0.487. The molecule has 4 N–H and O–H groups in total. The van der Waals surface area contributed by atoms with Crippen LogP contribution in [0.1, 0.15) is 21.5 Å². The second-order valence-corrected chi connectivity index (χ2v) is 6.57. The molecule has 0 unspecified atom stereocenters. The van der Waals surface area contributed by atoms with Crippen LogP contribution in [-0.2, 0) is 4.79 Å². The van der Waals surface area contributed by atoms with Crippen LogP contribution in [0, 0.1) is 6.92 Å². The lowest BCUT2D eigenvalue weighted by Crippen LogP contribution is -2.19. The molecule has 26 heavy (non-hydrogen) atoms. The van der Waals surface area contributed by atoms with Crippen molar-refractivity contribution >= 4 is 40.6 Å². The molecule has 1 amide bonds. The Balaban J connectivity index is 1.89. The van der Waals surface area contributed by atoms with E-state index >= 15 is 0 Å². The number of amidine groups is 1. The number of nitrogens with one attached hydrogen (secondary N) is 1. The largest absolute Gasteiger partial charge is 0.504 e. The molecule has 0 bridgehead atoms. The Morgan fingerprint density at radius 2 is 1.92 bits per heavy atom. The first-order chi connectivity index (χ1) is 12.3. The second kappa shape index (κ2) is 6.93. The van der Waals surface area contributed by atoms with Crippen molar-refractivity contribution in [2.45, 2.75) is 6.92 Å². The normalized spacial score (nSPS) is 16.9. The lowest BCUT2D eigenvalue weighted by Gasteiger charge is -2.03. The van der Waals surface area contributed by atoms with Gasteiger partial charge in [0.1, 0.15) is 0 Å². The maximum Gasteiger partial charge on any atom is 0.335 e. The number of carbonyl (C=O) groups excluding carboxylic acids is 1. The summed E-state index contributed by atoms with van der Waals surface area (Å²) in [4.78, 5) is 27.9. The number of phenols is 2. The first-order valence-electron chi connectivity index (χ1n) is 7.49. The summed E-state index contributed by atoms with van der Waals surface area (Å²) in [6, 6.07) is 8.81. The van der Waals surface area contributed by atoms with Gasteiger partial charge in [-0.25, -0.2) is 9.79 Å². The average Bonchev–Trinajstić information content (AvgIpc) is 2.92. The zero-order valence-electron chi connectivity index (χ0n) is 13.6. The Hall–Kier alpha value is -3.26. The Kier molecular flexibility index (Phi) is 4.68. The molecule has 0 aliphatic carbocycles. The van der Waals surface area contributed by atoms with E-state index in [9.17, 15) is 19.8 Å². The summed E-state index contributed by atoms with van der Waals surface area (Å²) >= 11 is 1.10. The number of carboxylic acids is 1. The average molecular weight is 370 g/mol. The number of hydrogen-bond acceptors (Lipinski definition) is 6. The van der Waals surface area contributed by atoms with Crippen LogP contribution in [0.15, 0.2) is 46.3 Å². The predicted molar refractivity (Wildman–Crippen MR) is 98.7 cm³/mol. The van der Waals surface area contributed by atoms with E-state index in [1.54, 1.807) is 25.1 Å². The number of nitrogens with zero attached hydrogens (tertiary/aromatic N) is 1. The number of carboxylic acid groups (broad SMARTS) is 1. The van der Waals surface area contributed by atoms with Gasteiger partial charge in [0.25, 0.3) is 5.91 Å². The summed E-state index contributed by atoms with van der Waals surface area (Å²) < 4.78 is 0. The van der Waals surface area contributed by atoms with Gasteiger partial charge in [-0.1, -0.05) is 12.1 Å². The molecule has 0 radical (unpaired) electrons. The van der Waals surface area contributed by atoms with E-state index < -0.39 is 5.97 Å². The Morgan fingerprint density at radius 3 is 2.62 bits per heavy atom. The van der Waals surface area contributed by atoms with Gasteiger partial charge in [-0.15, -0.1) is 0 Å². The van der Waals surface area contributed by atoms with Crippen molar-refractivity contribution in [2.75, 3.05) is 0 Å². The molecular weight excluding hydrogens is 356 g/mol. The maximum absolute atomic E-state index is 12.1. The molecular formula is C18H14N2O5S. The molecule has 1 saturated heterocycles. The van der Waals surface area contributed by atoms with E-state index in [0.717, 1.165) is 17.3 Å². The molecule has 2 aromatic carbocycles. The Bertz CT molecular complexity index is 982. The van der Waals surface area contributed by atoms with E-state index in [-0.39, 0.29) is 23.0 Å². The van der Waals surface area contributed by atoms with Gasteiger partial charge in [-0.3, -0.25) is 4.79 Å². The molecule has 7 nitrogen and oxygen atoms in total.